The van der Waals surface area contributed by atoms with Crippen LogP contribution < -0.4 is 10.6 Å². The van der Waals surface area contributed by atoms with Crippen molar-refractivity contribution in [2.45, 2.75) is 0 Å². The Morgan fingerprint density at radius 2 is 2.00 bits per heavy atom. The van der Waals surface area contributed by atoms with Crippen LogP contribution in [-0.4, -0.2) is 23.5 Å². The van der Waals surface area contributed by atoms with Crippen LogP contribution in [0.4, 0.5) is 15.9 Å². The molecule has 1 aromatic carbocycles. The molecule has 0 saturated heterocycles. The van der Waals surface area contributed by atoms with Crippen LogP contribution in [0.1, 0.15) is 0 Å². The van der Waals surface area contributed by atoms with Gasteiger partial charge in [0.25, 0.3) is 0 Å². The van der Waals surface area contributed by atoms with Gasteiger partial charge in [-0.3, -0.25) is 4.40 Å². The van der Waals surface area contributed by atoms with Gasteiger partial charge in [0.1, 0.15) is 23.0 Å². The van der Waals surface area contributed by atoms with Crippen molar-refractivity contribution in [3.63, 3.8) is 0 Å². The number of fused-ring (bicyclic) bond motifs is 1. The molecule has 0 aliphatic rings. The quantitative estimate of drug-likeness (QED) is 0.789. The molecular formula is C15H14ClFN4. The molecule has 0 fully saturated rings. The largest absolute Gasteiger partial charge is 0.383 e. The standard InChI is InChI=1S/C15H14ClFN4/c1-20(2)9-6-7-12-19-14(15(18)21(12)8-9)13-10(16)4-3-5-11(13)17/h3-8H,18H2,1-2H3. The second-order valence-corrected chi connectivity index (χ2v) is 5.36. The highest BCUT2D eigenvalue weighted by molar-refractivity contribution is 6.33. The van der Waals surface area contributed by atoms with Gasteiger partial charge in [0.2, 0.25) is 0 Å². The summed E-state index contributed by atoms with van der Waals surface area (Å²) < 4.78 is 15.8. The van der Waals surface area contributed by atoms with E-state index in [2.05, 4.69) is 4.98 Å². The van der Waals surface area contributed by atoms with Crippen LogP contribution >= 0.6 is 11.6 Å². The van der Waals surface area contributed by atoms with Crippen molar-refractivity contribution >= 4 is 28.8 Å². The first-order valence-electron chi connectivity index (χ1n) is 6.38. The fourth-order valence-electron chi connectivity index (χ4n) is 2.22. The minimum absolute atomic E-state index is 0.228. The summed E-state index contributed by atoms with van der Waals surface area (Å²) in [6, 6.07) is 8.28. The van der Waals surface area contributed by atoms with Gasteiger partial charge in [-0.15, -0.1) is 0 Å². The molecule has 0 bridgehead atoms. The average Bonchev–Trinajstić information content (AvgIpc) is 2.75. The highest BCUT2D eigenvalue weighted by Crippen LogP contribution is 2.34. The van der Waals surface area contributed by atoms with E-state index >= 15 is 0 Å². The lowest BCUT2D eigenvalue weighted by molar-refractivity contribution is 0.631. The first-order chi connectivity index (χ1) is 9.99. The highest BCUT2D eigenvalue weighted by Gasteiger charge is 2.18. The van der Waals surface area contributed by atoms with E-state index in [1.54, 1.807) is 16.5 Å². The Balaban J connectivity index is 2.27. The Hall–Kier alpha value is -2.27. The Morgan fingerprint density at radius 3 is 2.67 bits per heavy atom. The Morgan fingerprint density at radius 1 is 1.24 bits per heavy atom. The minimum Gasteiger partial charge on any atom is -0.383 e. The first-order valence-corrected chi connectivity index (χ1v) is 6.76. The van der Waals surface area contributed by atoms with Gasteiger partial charge in [-0.05, 0) is 24.3 Å². The number of hydrogen-bond donors (Lipinski definition) is 1. The van der Waals surface area contributed by atoms with Crippen molar-refractivity contribution in [2.75, 3.05) is 24.7 Å². The lowest BCUT2D eigenvalue weighted by Crippen LogP contribution is -2.09. The maximum Gasteiger partial charge on any atom is 0.139 e. The molecule has 2 aromatic heterocycles. The molecule has 6 heteroatoms. The molecule has 108 valence electrons. The summed E-state index contributed by atoms with van der Waals surface area (Å²) in [5.41, 5.74) is 8.33. The van der Waals surface area contributed by atoms with Crippen LogP contribution in [0.5, 0.6) is 0 Å². The Bertz CT molecular complexity index is 806. The third-order valence-electron chi connectivity index (χ3n) is 3.36. The van der Waals surface area contributed by atoms with Gasteiger partial charge in [0.05, 0.1) is 16.3 Å². The summed E-state index contributed by atoms with van der Waals surface area (Å²) >= 11 is 6.09. The lowest BCUT2D eigenvalue weighted by Gasteiger charge is -2.12. The molecule has 0 unspecified atom stereocenters. The van der Waals surface area contributed by atoms with Crippen molar-refractivity contribution in [1.29, 1.82) is 0 Å². The summed E-state index contributed by atoms with van der Waals surface area (Å²) in [5, 5.41) is 0.290. The number of imidazole rings is 1. The van der Waals surface area contributed by atoms with Crippen LogP contribution in [0, 0.1) is 5.82 Å². The van der Waals surface area contributed by atoms with E-state index in [-0.39, 0.29) is 10.6 Å². The zero-order chi connectivity index (χ0) is 15.1. The number of aromatic nitrogens is 2. The molecule has 2 heterocycles. The summed E-state index contributed by atoms with van der Waals surface area (Å²) in [6.07, 6.45) is 1.86. The van der Waals surface area contributed by atoms with Gasteiger partial charge in [0.15, 0.2) is 0 Å². The molecule has 3 rings (SSSR count). The fourth-order valence-corrected chi connectivity index (χ4v) is 2.48. The molecule has 0 aliphatic heterocycles. The molecule has 0 amide bonds. The number of halogens is 2. The van der Waals surface area contributed by atoms with Gasteiger partial charge in [-0.2, -0.15) is 0 Å². The van der Waals surface area contributed by atoms with Crippen molar-refractivity contribution in [3.8, 4) is 11.3 Å². The van der Waals surface area contributed by atoms with E-state index in [0.29, 0.717) is 17.2 Å². The zero-order valence-electron chi connectivity index (χ0n) is 11.6. The molecule has 4 nitrogen and oxygen atoms in total. The van der Waals surface area contributed by atoms with E-state index in [1.807, 2.05) is 37.3 Å². The number of benzene rings is 1. The third kappa shape index (κ3) is 2.19. The molecule has 0 spiro atoms. The van der Waals surface area contributed by atoms with Crippen LogP contribution in [0.3, 0.4) is 0 Å². The van der Waals surface area contributed by atoms with Crippen molar-refractivity contribution < 1.29 is 4.39 Å². The maximum atomic E-state index is 14.1. The molecule has 0 aliphatic carbocycles. The summed E-state index contributed by atoms with van der Waals surface area (Å²) in [7, 11) is 3.87. The predicted molar refractivity (Wildman–Crippen MR) is 84.3 cm³/mol. The molecule has 21 heavy (non-hydrogen) atoms. The average molecular weight is 305 g/mol. The van der Waals surface area contributed by atoms with Crippen LogP contribution in [0.2, 0.25) is 5.02 Å². The normalized spacial score (nSPS) is 11.0. The van der Waals surface area contributed by atoms with E-state index in [1.165, 1.54) is 6.07 Å². The molecule has 0 saturated carbocycles. The van der Waals surface area contributed by atoms with E-state index in [9.17, 15) is 4.39 Å². The van der Waals surface area contributed by atoms with Crippen molar-refractivity contribution in [1.82, 2.24) is 9.38 Å². The molecular weight excluding hydrogens is 291 g/mol. The zero-order valence-corrected chi connectivity index (χ0v) is 12.4. The number of nitrogen functional groups attached to an aromatic ring is 1. The first kappa shape index (κ1) is 13.7. The lowest BCUT2D eigenvalue weighted by atomic mass is 10.1. The second-order valence-electron chi connectivity index (χ2n) is 4.95. The van der Waals surface area contributed by atoms with Crippen LogP contribution in [0.25, 0.3) is 16.9 Å². The third-order valence-corrected chi connectivity index (χ3v) is 3.67. The number of nitrogens with two attached hydrogens (primary N) is 1. The van der Waals surface area contributed by atoms with Crippen molar-refractivity contribution in [2.24, 2.45) is 0 Å². The number of anilines is 2. The second kappa shape index (κ2) is 4.93. The summed E-state index contributed by atoms with van der Waals surface area (Å²) in [6.45, 7) is 0. The van der Waals surface area contributed by atoms with Gasteiger partial charge in [-0.25, -0.2) is 9.37 Å². The molecule has 0 atom stereocenters. The Kier molecular flexibility index (Phi) is 3.22. The summed E-state index contributed by atoms with van der Waals surface area (Å²) in [5.74, 6) is -0.0776. The predicted octanol–water partition coefficient (Wildman–Crippen LogP) is 3.44. The number of pyridine rings is 1. The topological polar surface area (TPSA) is 46.6 Å². The molecule has 0 radical (unpaired) electrons. The van der Waals surface area contributed by atoms with Crippen LogP contribution in [-0.2, 0) is 0 Å². The van der Waals surface area contributed by atoms with E-state index < -0.39 is 5.82 Å². The molecule has 3 aromatic rings. The van der Waals surface area contributed by atoms with Gasteiger partial charge in [-0.1, -0.05) is 17.7 Å². The van der Waals surface area contributed by atoms with E-state index in [4.69, 9.17) is 17.3 Å². The highest BCUT2D eigenvalue weighted by atomic mass is 35.5. The monoisotopic (exact) mass is 304 g/mol. The number of hydrogen-bond acceptors (Lipinski definition) is 3. The number of nitrogens with zero attached hydrogens (tertiary/aromatic N) is 3. The summed E-state index contributed by atoms with van der Waals surface area (Å²) in [4.78, 5) is 6.35. The Labute approximate surface area is 126 Å². The smallest absolute Gasteiger partial charge is 0.139 e. The van der Waals surface area contributed by atoms with Crippen LogP contribution in [0.15, 0.2) is 36.5 Å². The number of rotatable bonds is 2. The van der Waals surface area contributed by atoms with Gasteiger partial charge < -0.3 is 10.6 Å². The maximum absolute atomic E-state index is 14.1. The van der Waals surface area contributed by atoms with Gasteiger partial charge >= 0.3 is 0 Å². The SMILES string of the molecule is CN(C)c1ccc2nc(-c3c(F)cccc3Cl)c(N)n2c1. The van der Waals surface area contributed by atoms with Gasteiger partial charge in [0, 0.05) is 20.3 Å². The molecule has 2 N–H and O–H groups in total. The minimum atomic E-state index is -0.439. The van der Waals surface area contributed by atoms with E-state index in [0.717, 1.165) is 5.69 Å². The van der Waals surface area contributed by atoms with Crippen molar-refractivity contribution in [3.05, 3.63) is 47.4 Å². The fraction of sp³-hybridized carbons (Fsp3) is 0.133.